The monoisotopic (exact) mass is 222 g/mol. The fourth-order valence-electron chi connectivity index (χ4n) is 1.82. The topological polar surface area (TPSA) is 61.3 Å². The van der Waals surface area contributed by atoms with Gasteiger partial charge in [0.2, 0.25) is 5.95 Å². The Balaban J connectivity index is 2.01. The molecule has 1 aromatic rings. The van der Waals surface area contributed by atoms with Crippen molar-refractivity contribution >= 4 is 5.95 Å². The Hall–Kier alpha value is -1.20. The number of aliphatic hydroxyl groups excluding tert-OH is 1. The molecular weight excluding hydrogens is 204 g/mol. The quantitative estimate of drug-likeness (QED) is 0.742. The Morgan fingerprint density at radius 3 is 2.81 bits per heavy atom. The summed E-state index contributed by atoms with van der Waals surface area (Å²) in [5.74, 6) is 0.797. The highest BCUT2D eigenvalue weighted by molar-refractivity contribution is 5.30. The molecule has 0 radical (unpaired) electrons. The summed E-state index contributed by atoms with van der Waals surface area (Å²) in [6.07, 6.45) is 5.36. The van der Waals surface area contributed by atoms with Crippen LogP contribution in [0.15, 0.2) is 12.4 Å². The molecule has 1 fully saturated rings. The summed E-state index contributed by atoms with van der Waals surface area (Å²) in [5.41, 5.74) is 0.985. The summed E-state index contributed by atoms with van der Waals surface area (Å²) in [7, 11) is 0. The Bertz CT molecular complexity index is 306. The number of rotatable bonds is 3. The fraction of sp³-hybridized carbons (Fsp3) is 0.636. The summed E-state index contributed by atoms with van der Waals surface area (Å²) in [6, 6.07) is 0. The second-order valence-corrected chi connectivity index (χ2v) is 3.96. The van der Waals surface area contributed by atoms with Crippen molar-refractivity contribution in [2.45, 2.75) is 12.8 Å². The molecule has 0 saturated carbocycles. The summed E-state index contributed by atoms with van der Waals surface area (Å²) >= 11 is 0. The lowest BCUT2D eigenvalue weighted by atomic mass is 10.2. The summed E-state index contributed by atoms with van der Waals surface area (Å²) in [4.78, 5) is 10.9. The van der Waals surface area contributed by atoms with Crippen molar-refractivity contribution in [3.8, 4) is 0 Å². The molecule has 0 spiro atoms. The van der Waals surface area contributed by atoms with Crippen LogP contribution in [-0.4, -0.2) is 47.9 Å². The third-order valence-electron chi connectivity index (χ3n) is 2.72. The summed E-state index contributed by atoms with van der Waals surface area (Å²) in [5, 5.41) is 12.1. The summed E-state index contributed by atoms with van der Waals surface area (Å²) < 4.78 is 0. The van der Waals surface area contributed by atoms with Crippen LogP contribution in [0.25, 0.3) is 0 Å². The van der Waals surface area contributed by atoms with Crippen LogP contribution in [0.4, 0.5) is 5.95 Å². The van der Waals surface area contributed by atoms with Gasteiger partial charge in [0.1, 0.15) is 0 Å². The van der Waals surface area contributed by atoms with E-state index in [1.54, 1.807) is 12.4 Å². The van der Waals surface area contributed by atoms with Gasteiger partial charge in [-0.2, -0.15) is 0 Å². The highest BCUT2D eigenvalue weighted by atomic mass is 16.2. The molecule has 16 heavy (non-hydrogen) atoms. The van der Waals surface area contributed by atoms with E-state index < -0.39 is 0 Å². The Morgan fingerprint density at radius 1 is 1.25 bits per heavy atom. The van der Waals surface area contributed by atoms with E-state index in [2.05, 4.69) is 20.2 Å². The predicted octanol–water partition coefficient (Wildman–Crippen LogP) is -0.189. The molecule has 2 heterocycles. The van der Waals surface area contributed by atoms with Gasteiger partial charge in [-0.25, -0.2) is 9.97 Å². The van der Waals surface area contributed by atoms with E-state index in [1.807, 2.05) is 0 Å². The molecule has 0 aliphatic carbocycles. The molecule has 0 amide bonds. The van der Waals surface area contributed by atoms with Crippen LogP contribution >= 0.6 is 0 Å². The van der Waals surface area contributed by atoms with Crippen molar-refractivity contribution in [2.75, 3.05) is 37.7 Å². The molecule has 2 N–H and O–H groups in total. The minimum atomic E-state index is 0.149. The normalized spacial score (nSPS) is 17.2. The van der Waals surface area contributed by atoms with Gasteiger partial charge in [0.05, 0.1) is 0 Å². The van der Waals surface area contributed by atoms with Gasteiger partial charge in [-0.05, 0) is 24.9 Å². The number of hydrogen-bond donors (Lipinski definition) is 2. The van der Waals surface area contributed by atoms with Gasteiger partial charge in [0, 0.05) is 38.6 Å². The largest absolute Gasteiger partial charge is 0.396 e. The minimum Gasteiger partial charge on any atom is -0.396 e. The molecule has 5 nitrogen and oxygen atoms in total. The first-order valence-electron chi connectivity index (χ1n) is 5.77. The van der Waals surface area contributed by atoms with Crippen molar-refractivity contribution in [2.24, 2.45) is 0 Å². The molecule has 0 aromatic carbocycles. The third-order valence-corrected chi connectivity index (χ3v) is 2.72. The van der Waals surface area contributed by atoms with Crippen LogP contribution in [0.1, 0.15) is 12.0 Å². The van der Waals surface area contributed by atoms with Gasteiger partial charge in [0.25, 0.3) is 0 Å². The van der Waals surface area contributed by atoms with Gasteiger partial charge >= 0.3 is 0 Å². The molecule has 1 aromatic heterocycles. The molecule has 0 atom stereocenters. The molecule has 0 unspecified atom stereocenters. The van der Waals surface area contributed by atoms with Crippen molar-refractivity contribution in [3.05, 3.63) is 18.0 Å². The van der Waals surface area contributed by atoms with Crippen LogP contribution in [0.2, 0.25) is 0 Å². The molecule has 5 heteroatoms. The Labute approximate surface area is 95.5 Å². The zero-order valence-corrected chi connectivity index (χ0v) is 9.39. The average molecular weight is 222 g/mol. The lowest BCUT2D eigenvalue weighted by molar-refractivity contribution is 0.299. The summed E-state index contributed by atoms with van der Waals surface area (Å²) in [6.45, 7) is 4.17. The average Bonchev–Trinajstić information content (AvgIpc) is 2.59. The smallest absolute Gasteiger partial charge is 0.225 e. The van der Waals surface area contributed by atoms with E-state index in [1.165, 1.54) is 0 Å². The molecule has 88 valence electrons. The third kappa shape index (κ3) is 2.90. The first-order valence-corrected chi connectivity index (χ1v) is 5.77. The van der Waals surface area contributed by atoms with Crippen molar-refractivity contribution in [3.63, 3.8) is 0 Å². The van der Waals surface area contributed by atoms with Gasteiger partial charge in [-0.3, -0.25) is 0 Å². The Kier molecular flexibility index (Phi) is 4.07. The maximum Gasteiger partial charge on any atom is 0.225 e. The standard InChI is InChI=1S/C11H18N4O/c16-7-2-10-8-13-11(14-9-10)15-5-1-3-12-4-6-15/h8-9,12,16H,1-7H2. The molecule has 1 saturated heterocycles. The lowest BCUT2D eigenvalue weighted by Gasteiger charge is -2.19. The van der Waals surface area contributed by atoms with E-state index in [4.69, 9.17) is 5.11 Å². The first-order chi connectivity index (χ1) is 7.90. The zero-order valence-electron chi connectivity index (χ0n) is 9.39. The number of nitrogens with one attached hydrogen (secondary N) is 1. The maximum atomic E-state index is 8.80. The van der Waals surface area contributed by atoms with E-state index in [-0.39, 0.29) is 6.61 Å². The second kappa shape index (κ2) is 5.77. The first kappa shape index (κ1) is 11.3. The molecule has 2 rings (SSSR count). The van der Waals surface area contributed by atoms with Crippen LogP contribution in [0.3, 0.4) is 0 Å². The van der Waals surface area contributed by atoms with Crippen LogP contribution < -0.4 is 10.2 Å². The van der Waals surface area contributed by atoms with Gasteiger partial charge in [0.15, 0.2) is 0 Å². The fourth-order valence-corrected chi connectivity index (χ4v) is 1.82. The second-order valence-electron chi connectivity index (χ2n) is 3.96. The van der Waals surface area contributed by atoms with Gasteiger partial charge in [-0.15, -0.1) is 0 Å². The van der Waals surface area contributed by atoms with E-state index in [9.17, 15) is 0 Å². The maximum absolute atomic E-state index is 8.80. The number of hydrogen-bond acceptors (Lipinski definition) is 5. The number of nitrogens with zero attached hydrogens (tertiary/aromatic N) is 3. The molecular formula is C11H18N4O. The highest BCUT2D eigenvalue weighted by Gasteiger charge is 2.11. The zero-order chi connectivity index (χ0) is 11.2. The molecule has 1 aliphatic rings. The lowest BCUT2D eigenvalue weighted by Crippen LogP contribution is -2.29. The van der Waals surface area contributed by atoms with Crippen LogP contribution in [0, 0.1) is 0 Å². The van der Waals surface area contributed by atoms with Gasteiger partial charge in [-0.1, -0.05) is 0 Å². The number of aliphatic hydroxyl groups is 1. The number of anilines is 1. The SMILES string of the molecule is OCCc1cnc(N2CCCNCC2)nc1. The molecule has 1 aliphatic heterocycles. The van der Waals surface area contributed by atoms with Crippen molar-refractivity contribution < 1.29 is 5.11 Å². The Morgan fingerprint density at radius 2 is 2.06 bits per heavy atom. The van der Waals surface area contributed by atoms with Gasteiger partial charge < -0.3 is 15.3 Å². The van der Waals surface area contributed by atoms with E-state index >= 15 is 0 Å². The van der Waals surface area contributed by atoms with E-state index in [0.717, 1.165) is 44.1 Å². The van der Waals surface area contributed by atoms with Crippen LogP contribution in [0.5, 0.6) is 0 Å². The van der Waals surface area contributed by atoms with Crippen molar-refractivity contribution in [1.82, 2.24) is 15.3 Å². The minimum absolute atomic E-state index is 0.149. The predicted molar refractivity (Wildman–Crippen MR) is 62.5 cm³/mol. The number of aromatic nitrogens is 2. The molecule has 0 bridgehead atoms. The highest BCUT2D eigenvalue weighted by Crippen LogP contribution is 2.08. The van der Waals surface area contributed by atoms with Crippen LogP contribution in [-0.2, 0) is 6.42 Å². The van der Waals surface area contributed by atoms with E-state index in [0.29, 0.717) is 6.42 Å². The van der Waals surface area contributed by atoms with Crippen molar-refractivity contribution in [1.29, 1.82) is 0 Å².